The Labute approximate surface area is 147 Å². The van der Waals surface area contributed by atoms with Crippen molar-refractivity contribution in [2.75, 3.05) is 31.3 Å². The second-order valence-corrected chi connectivity index (χ2v) is 7.06. The van der Waals surface area contributed by atoms with Gasteiger partial charge >= 0.3 is 0 Å². The molecule has 130 valence electrons. The van der Waals surface area contributed by atoms with E-state index in [1.54, 1.807) is 16.7 Å². The number of hydrogen-bond acceptors (Lipinski definition) is 4. The zero-order valence-electron chi connectivity index (χ0n) is 14.2. The van der Waals surface area contributed by atoms with Gasteiger partial charge in [0.05, 0.1) is 18.4 Å². The lowest BCUT2D eigenvalue weighted by Crippen LogP contribution is -2.50. The van der Waals surface area contributed by atoms with Gasteiger partial charge in [-0.25, -0.2) is 0 Å². The van der Waals surface area contributed by atoms with Crippen LogP contribution in [0, 0.1) is 0 Å². The van der Waals surface area contributed by atoms with Crippen LogP contribution in [0.15, 0.2) is 24.3 Å². The molecule has 2 heterocycles. The van der Waals surface area contributed by atoms with Crippen LogP contribution in [0.4, 0.5) is 0 Å². The number of ether oxygens (including phenoxy) is 1. The molecule has 5 nitrogen and oxygen atoms in total. The fourth-order valence-electron chi connectivity index (χ4n) is 3.41. The standard InChI is InChI=1S/C18H24N2O3S/c1-3-19(4-2)18(22)15-11-24-12-20(15)17(21)14-9-10-23-16-8-6-5-7-13(14)16/h5-8,14-15H,3-4,9-12H2,1-2H3/t14-,15+/m0/s1. The van der Waals surface area contributed by atoms with Crippen molar-refractivity contribution in [3.8, 4) is 5.75 Å². The number of benzene rings is 1. The average molecular weight is 348 g/mol. The predicted molar refractivity (Wildman–Crippen MR) is 95.2 cm³/mol. The van der Waals surface area contributed by atoms with E-state index >= 15 is 0 Å². The fraction of sp³-hybridized carbons (Fsp3) is 0.556. The van der Waals surface area contributed by atoms with Gasteiger partial charge in [0.2, 0.25) is 11.8 Å². The van der Waals surface area contributed by atoms with E-state index in [1.807, 2.05) is 43.0 Å². The SMILES string of the molecule is CCN(CC)C(=O)[C@H]1CSCN1C(=O)[C@H]1CCOc2ccccc21. The van der Waals surface area contributed by atoms with Crippen LogP contribution >= 0.6 is 11.8 Å². The Morgan fingerprint density at radius 1 is 1.29 bits per heavy atom. The summed E-state index contributed by atoms with van der Waals surface area (Å²) >= 11 is 1.66. The summed E-state index contributed by atoms with van der Waals surface area (Å²) in [5, 5.41) is 0. The number of nitrogens with zero attached hydrogens (tertiary/aromatic N) is 2. The molecule has 6 heteroatoms. The van der Waals surface area contributed by atoms with Gasteiger partial charge in [0.1, 0.15) is 11.8 Å². The number of fused-ring (bicyclic) bond motifs is 1. The average Bonchev–Trinajstić information content (AvgIpc) is 3.11. The van der Waals surface area contributed by atoms with Gasteiger partial charge in [-0.1, -0.05) is 18.2 Å². The van der Waals surface area contributed by atoms with Gasteiger partial charge in [0.15, 0.2) is 0 Å². The first-order valence-electron chi connectivity index (χ1n) is 8.56. The predicted octanol–water partition coefficient (Wildman–Crippen LogP) is 2.32. The van der Waals surface area contributed by atoms with Crippen LogP contribution in [0.25, 0.3) is 0 Å². The summed E-state index contributed by atoms with van der Waals surface area (Å²) in [6, 6.07) is 7.39. The number of thioether (sulfide) groups is 1. The quantitative estimate of drug-likeness (QED) is 0.838. The topological polar surface area (TPSA) is 49.9 Å². The molecule has 2 aliphatic heterocycles. The van der Waals surface area contributed by atoms with Crippen molar-refractivity contribution < 1.29 is 14.3 Å². The van der Waals surface area contributed by atoms with E-state index in [9.17, 15) is 9.59 Å². The Bertz CT molecular complexity index is 618. The van der Waals surface area contributed by atoms with Crippen molar-refractivity contribution in [3.05, 3.63) is 29.8 Å². The van der Waals surface area contributed by atoms with E-state index in [0.29, 0.717) is 37.7 Å². The number of rotatable bonds is 4. The lowest BCUT2D eigenvalue weighted by atomic mass is 9.91. The molecule has 0 unspecified atom stereocenters. The number of hydrogen-bond donors (Lipinski definition) is 0. The van der Waals surface area contributed by atoms with Gasteiger partial charge < -0.3 is 14.5 Å². The lowest BCUT2D eigenvalue weighted by Gasteiger charge is -2.32. The van der Waals surface area contributed by atoms with Gasteiger partial charge in [-0.2, -0.15) is 0 Å². The molecule has 2 amide bonds. The van der Waals surface area contributed by atoms with Gasteiger partial charge in [0.25, 0.3) is 0 Å². The molecule has 0 radical (unpaired) electrons. The van der Waals surface area contributed by atoms with Gasteiger partial charge in [-0.3, -0.25) is 9.59 Å². The second-order valence-electron chi connectivity index (χ2n) is 6.06. The van der Waals surface area contributed by atoms with Crippen molar-refractivity contribution in [2.45, 2.75) is 32.2 Å². The smallest absolute Gasteiger partial charge is 0.246 e. The minimum Gasteiger partial charge on any atom is -0.493 e. The lowest BCUT2D eigenvalue weighted by molar-refractivity contribution is -0.144. The largest absolute Gasteiger partial charge is 0.493 e. The summed E-state index contributed by atoms with van der Waals surface area (Å²) in [6.07, 6.45) is 0.670. The molecule has 0 bridgehead atoms. The zero-order chi connectivity index (χ0) is 17.1. The molecule has 0 spiro atoms. The minimum absolute atomic E-state index is 0.0567. The summed E-state index contributed by atoms with van der Waals surface area (Å²) in [4.78, 5) is 29.5. The van der Waals surface area contributed by atoms with Gasteiger partial charge in [-0.05, 0) is 26.3 Å². The van der Waals surface area contributed by atoms with Crippen LogP contribution < -0.4 is 4.74 Å². The van der Waals surface area contributed by atoms with Crippen molar-refractivity contribution in [3.63, 3.8) is 0 Å². The molecular weight excluding hydrogens is 324 g/mol. The highest BCUT2D eigenvalue weighted by molar-refractivity contribution is 7.99. The monoisotopic (exact) mass is 348 g/mol. The molecule has 0 N–H and O–H groups in total. The van der Waals surface area contributed by atoms with Crippen molar-refractivity contribution >= 4 is 23.6 Å². The Kier molecular flexibility index (Phi) is 5.33. The summed E-state index contributed by atoms with van der Waals surface area (Å²) in [6.45, 7) is 5.86. The van der Waals surface area contributed by atoms with E-state index < -0.39 is 0 Å². The van der Waals surface area contributed by atoms with E-state index in [2.05, 4.69) is 0 Å². The van der Waals surface area contributed by atoms with E-state index in [-0.39, 0.29) is 23.8 Å². The zero-order valence-corrected chi connectivity index (χ0v) is 15.1. The maximum atomic E-state index is 13.2. The summed E-state index contributed by atoms with van der Waals surface area (Å²) in [5.41, 5.74) is 0.944. The molecule has 2 atom stereocenters. The summed E-state index contributed by atoms with van der Waals surface area (Å²) < 4.78 is 5.66. The highest BCUT2D eigenvalue weighted by Gasteiger charge is 2.40. The van der Waals surface area contributed by atoms with Crippen LogP contribution in [-0.4, -0.2) is 59.0 Å². The summed E-state index contributed by atoms with van der Waals surface area (Å²) in [7, 11) is 0. The van der Waals surface area contributed by atoms with Crippen LogP contribution in [0.5, 0.6) is 5.75 Å². The molecule has 2 aliphatic rings. The number of amides is 2. The minimum atomic E-state index is -0.336. The highest BCUT2D eigenvalue weighted by atomic mass is 32.2. The van der Waals surface area contributed by atoms with Crippen LogP contribution in [0.1, 0.15) is 31.7 Å². The highest BCUT2D eigenvalue weighted by Crippen LogP contribution is 2.36. The molecule has 0 saturated carbocycles. The molecule has 1 fully saturated rings. The molecule has 1 aromatic rings. The van der Waals surface area contributed by atoms with Gasteiger partial charge in [-0.15, -0.1) is 11.8 Å². The van der Waals surface area contributed by atoms with Crippen molar-refractivity contribution in [1.29, 1.82) is 0 Å². The molecule has 3 rings (SSSR count). The van der Waals surface area contributed by atoms with Crippen LogP contribution in [0.3, 0.4) is 0 Å². The number of carbonyl (C=O) groups excluding carboxylic acids is 2. The Morgan fingerprint density at radius 2 is 2.04 bits per heavy atom. The van der Waals surface area contributed by atoms with E-state index in [4.69, 9.17) is 4.74 Å². The molecule has 0 aliphatic carbocycles. The Hall–Kier alpha value is -1.69. The third-order valence-corrected chi connectivity index (χ3v) is 5.79. The Balaban J connectivity index is 1.81. The first-order chi connectivity index (χ1) is 11.7. The third kappa shape index (κ3) is 3.11. The summed E-state index contributed by atoms with van der Waals surface area (Å²) in [5.74, 6) is 1.99. The maximum absolute atomic E-state index is 13.2. The van der Waals surface area contributed by atoms with E-state index in [1.165, 1.54) is 0 Å². The third-order valence-electron chi connectivity index (χ3n) is 4.78. The second kappa shape index (κ2) is 7.47. The maximum Gasteiger partial charge on any atom is 0.246 e. The van der Waals surface area contributed by atoms with Crippen molar-refractivity contribution in [2.24, 2.45) is 0 Å². The first kappa shape index (κ1) is 17.1. The first-order valence-corrected chi connectivity index (χ1v) is 9.71. The number of carbonyl (C=O) groups is 2. The van der Waals surface area contributed by atoms with E-state index in [0.717, 1.165) is 11.3 Å². The number of likely N-dealkylation sites (N-methyl/N-ethyl adjacent to an activating group) is 1. The molecule has 0 aromatic heterocycles. The van der Waals surface area contributed by atoms with Gasteiger partial charge in [0, 0.05) is 24.4 Å². The fourth-order valence-corrected chi connectivity index (χ4v) is 4.56. The van der Waals surface area contributed by atoms with Crippen LogP contribution in [-0.2, 0) is 9.59 Å². The molecule has 1 aromatic carbocycles. The number of para-hydroxylation sites is 1. The Morgan fingerprint density at radius 3 is 2.79 bits per heavy atom. The molecule has 1 saturated heterocycles. The normalized spacial score (nSPS) is 22.7. The molecular formula is C18H24N2O3S. The van der Waals surface area contributed by atoms with Crippen LogP contribution in [0.2, 0.25) is 0 Å². The molecule has 24 heavy (non-hydrogen) atoms. The van der Waals surface area contributed by atoms with Crippen molar-refractivity contribution in [1.82, 2.24) is 9.80 Å².